The molecule has 0 aliphatic heterocycles. The maximum Gasteiger partial charge on any atom is 0.303 e. The van der Waals surface area contributed by atoms with Crippen molar-refractivity contribution in [2.45, 2.75) is 12.8 Å². The lowest BCUT2D eigenvalue weighted by Crippen LogP contribution is -2.08. The third-order valence-electron chi connectivity index (χ3n) is 2.64. The Kier molecular flexibility index (Phi) is 3.27. The number of anilines is 1. The standard InChI is InChI=1S/C12H15N3O2/c1-15-10-6-3-2-5-9(10)14-12(15)13-8-4-7-11(16)17/h2-3,5-6H,4,7-8H2,1H3,(H,13,14)(H,16,17). The minimum atomic E-state index is -0.767. The molecule has 1 aromatic heterocycles. The largest absolute Gasteiger partial charge is 0.481 e. The summed E-state index contributed by atoms with van der Waals surface area (Å²) in [7, 11) is 1.94. The average molecular weight is 233 g/mol. The van der Waals surface area contributed by atoms with Gasteiger partial charge in [0.25, 0.3) is 0 Å². The molecule has 5 heteroatoms. The molecule has 0 aliphatic rings. The van der Waals surface area contributed by atoms with E-state index in [1.807, 2.05) is 35.9 Å². The fourth-order valence-electron chi connectivity index (χ4n) is 1.74. The number of fused-ring (bicyclic) bond motifs is 1. The van der Waals surface area contributed by atoms with Gasteiger partial charge in [0.05, 0.1) is 11.0 Å². The van der Waals surface area contributed by atoms with E-state index < -0.39 is 5.97 Å². The van der Waals surface area contributed by atoms with Crippen LogP contribution in [0.15, 0.2) is 24.3 Å². The van der Waals surface area contributed by atoms with Crippen LogP contribution in [-0.4, -0.2) is 27.2 Å². The Labute approximate surface area is 99.1 Å². The van der Waals surface area contributed by atoms with Gasteiger partial charge in [-0.3, -0.25) is 4.79 Å². The second-order valence-corrected chi connectivity index (χ2v) is 3.91. The molecule has 0 bridgehead atoms. The minimum Gasteiger partial charge on any atom is -0.481 e. The zero-order chi connectivity index (χ0) is 12.3. The number of imidazole rings is 1. The van der Waals surface area contributed by atoms with Gasteiger partial charge in [-0.2, -0.15) is 0 Å². The van der Waals surface area contributed by atoms with Crippen LogP contribution < -0.4 is 5.32 Å². The summed E-state index contributed by atoms with van der Waals surface area (Å²) in [6.07, 6.45) is 0.773. The Morgan fingerprint density at radius 3 is 2.94 bits per heavy atom. The topological polar surface area (TPSA) is 67.2 Å². The number of benzene rings is 1. The highest BCUT2D eigenvalue weighted by molar-refractivity contribution is 5.78. The van der Waals surface area contributed by atoms with E-state index in [1.54, 1.807) is 0 Å². The highest BCUT2D eigenvalue weighted by Gasteiger charge is 2.05. The molecule has 5 nitrogen and oxygen atoms in total. The van der Waals surface area contributed by atoms with Crippen LogP contribution in [0.25, 0.3) is 11.0 Å². The zero-order valence-corrected chi connectivity index (χ0v) is 9.68. The summed E-state index contributed by atoms with van der Waals surface area (Å²) in [6, 6.07) is 7.88. The van der Waals surface area contributed by atoms with E-state index in [0.29, 0.717) is 13.0 Å². The van der Waals surface area contributed by atoms with Gasteiger partial charge in [-0.15, -0.1) is 0 Å². The summed E-state index contributed by atoms with van der Waals surface area (Å²) in [6.45, 7) is 0.615. The third kappa shape index (κ3) is 2.55. The molecule has 0 fully saturated rings. The van der Waals surface area contributed by atoms with E-state index in [-0.39, 0.29) is 6.42 Å². The van der Waals surface area contributed by atoms with Crippen molar-refractivity contribution in [3.8, 4) is 0 Å². The number of para-hydroxylation sites is 2. The first kappa shape index (κ1) is 11.4. The van der Waals surface area contributed by atoms with Crippen LogP contribution in [0.3, 0.4) is 0 Å². The number of carboxylic acids is 1. The zero-order valence-electron chi connectivity index (χ0n) is 9.68. The summed E-state index contributed by atoms with van der Waals surface area (Å²) in [5.74, 6) is 0.00777. The molecule has 2 N–H and O–H groups in total. The summed E-state index contributed by atoms with van der Waals surface area (Å²) in [4.78, 5) is 14.8. The van der Waals surface area contributed by atoms with Gasteiger partial charge in [-0.25, -0.2) is 4.98 Å². The number of carbonyl (C=O) groups is 1. The lowest BCUT2D eigenvalue weighted by molar-refractivity contribution is -0.137. The first-order valence-corrected chi connectivity index (χ1v) is 5.55. The normalized spacial score (nSPS) is 10.6. The number of hydrogen-bond acceptors (Lipinski definition) is 3. The Morgan fingerprint density at radius 2 is 2.24 bits per heavy atom. The highest BCUT2D eigenvalue weighted by Crippen LogP contribution is 2.17. The molecule has 0 aliphatic carbocycles. The molecule has 0 atom stereocenters. The van der Waals surface area contributed by atoms with Crippen LogP contribution in [0.5, 0.6) is 0 Å². The van der Waals surface area contributed by atoms with E-state index >= 15 is 0 Å². The van der Waals surface area contributed by atoms with E-state index in [0.717, 1.165) is 17.0 Å². The molecular weight excluding hydrogens is 218 g/mol. The van der Waals surface area contributed by atoms with Crippen molar-refractivity contribution in [2.24, 2.45) is 7.05 Å². The Hall–Kier alpha value is -2.04. The fourth-order valence-corrected chi connectivity index (χ4v) is 1.74. The Balaban J connectivity index is 2.04. The molecule has 1 heterocycles. The molecule has 1 aromatic carbocycles. The predicted molar refractivity (Wildman–Crippen MR) is 66.1 cm³/mol. The second-order valence-electron chi connectivity index (χ2n) is 3.91. The van der Waals surface area contributed by atoms with Gasteiger partial charge in [0.1, 0.15) is 0 Å². The molecule has 0 spiro atoms. The highest BCUT2D eigenvalue weighted by atomic mass is 16.4. The number of aromatic nitrogens is 2. The summed E-state index contributed by atoms with van der Waals surface area (Å²) in [5.41, 5.74) is 2.00. The average Bonchev–Trinajstić information content (AvgIpc) is 2.63. The van der Waals surface area contributed by atoms with Crippen LogP contribution in [0, 0.1) is 0 Å². The first-order chi connectivity index (χ1) is 8.18. The quantitative estimate of drug-likeness (QED) is 0.773. The van der Waals surface area contributed by atoms with E-state index in [1.165, 1.54) is 0 Å². The molecule has 90 valence electrons. The lowest BCUT2D eigenvalue weighted by atomic mass is 10.3. The van der Waals surface area contributed by atoms with Crippen LogP contribution in [0.2, 0.25) is 0 Å². The summed E-state index contributed by atoms with van der Waals surface area (Å²) in [5, 5.41) is 11.7. The Bertz CT molecular complexity index is 534. The number of aryl methyl sites for hydroxylation is 1. The van der Waals surface area contributed by atoms with Gasteiger partial charge >= 0.3 is 5.97 Å². The molecule has 0 amide bonds. The van der Waals surface area contributed by atoms with Crippen LogP contribution in [-0.2, 0) is 11.8 Å². The summed E-state index contributed by atoms with van der Waals surface area (Å²) < 4.78 is 1.97. The maximum absolute atomic E-state index is 10.4. The number of rotatable bonds is 5. The lowest BCUT2D eigenvalue weighted by Gasteiger charge is -2.04. The van der Waals surface area contributed by atoms with Crippen molar-refractivity contribution in [3.05, 3.63) is 24.3 Å². The van der Waals surface area contributed by atoms with Gasteiger partial charge in [-0.1, -0.05) is 12.1 Å². The van der Waals surface area contributed by atoms with Gasteiger partial charge in [-0.05, 0) is 18.6 Å². The van der Waals surface area contributed by atoms with Crippen molar-refractivity contribution in [1.29, 1.82) is 0 Å². The van der Waals surface area contributed by atoms with Crippen molar-refractivity contribution in [3.63, 3.8) is 0 Å². The number of carboxylic acid groups (broad SMARTS) is 1. The van der Waals surface area contributed by atoms with Gasteiger partial charge in [0, 0.05) is 20.0 Å². The molecule has 2 rings (SSSR count). The molecule has 0 saturated heterocycles. The SMILES string of the molecule is Cn1c(NCCCC(=O)O)nc2ccccc21. The van der Waals surface area contributed by atoms with Crippen LogP contribution in [0.1, 0.15) is 12.8 Å². The molecule has 0 radical (unpaired) electrons. The molecule has 2 aromatic rings. The fraction of sp³-hybridized carbons (Fsp3) is 0.333. The second kappa shape index (κ2) is 4.86. The first-order valence-electron chi connectivity index (χ1n) is 5.55. The molecule has 0 unspecified atom stereocenters. The van der Waals surface area contributed by atoms with Crippen molar-refractivity contribution in [1.82, 2.24) is 9.55 Å². The molecular formula is C12H15N3O2. The van der Waals surface area contributed by atoms with Crippen molar-refractivity contribution in [2.75, 3.05) is 11.9 Å². The summed E-state index contributed by atoms with van der Waals surface area (Å²) >= 11 is 0. The predicted octanol–water partition coefficient (Wildman–Crippen LogP) is 1.85. The van der Waals surface area contributed by atoms with Crippen LogP contribution in [0.4, 0.5) is 5.95 Å². The van der Waals surface area contributed by atoms with E-state index in [2.05, 4.69) is 10.3 Å². The van der Waals surface area contributed by atoms with Crippen LogP contribution >= 0.6 is 0 Å². The number of nitrogens with one attached hydrogen (secondary N) is 1. The van der Waals surface area contributed by atoms with Gasteiger partial charge in [0.15, 0.2) is 0 Å². The van der Waals surface area contributed by atoms with Crippen molar-refractivity contribution >= 4 is 23.0 Å². The van der Waals surface area contributed by atoms with Gasteiger partial charge < -0.3 is 15.0 Å². The maximum atomic E-state index is 10.4. The number of nitrogens with zero attached hydrogens (tertiary/aromatic N) is 2. The number of aliphatic carboxylic acids is 1. The van der Waals surface area contributed by atoms with E-state index in [4.69, 9.17) is 5.11 Å². The number of hydrogen-bond donors (Lipinski definition) is 2. The smallest absolute Gasteiger partial charge is 0.303 e. The Morgan fingerprint density at radius 1 is 1.47 bits per heavy atom. The minimum absolute atomic E-state index is 0.178. The van der Waals surface area contributed by atoms with Crippen molar-refractivity contribution < 1.29 is 9.90 Å². The van der Waals surface area contributed by atoms with E-state index in [9.17, 15) is 4.79 Å². The third-order valence-corrected chi connectivity index (χ3v) is 2.64. The van der Waals surface area contributed by atoms with Gasteiger partial charge in [0.2, 0.25) is 5.95 Å². The molecule has 0 saturated carbocycles. The monoisotopic (exact) mass is 233 g/mol. The molecule has 17 heavy (non-hydrogen) atoms.